The Balaban J connectivity index is 1.67. The Morgan fingerprint density at radius 1 is 1.37 bits per heavy atom. The van der Waals surface area contributed by atoms with Crippen molar-refractivity contribution in [3.8, 4) is 0 Å². The van der Waals surface area contributed by atoms with Gasteiger partial charge in [0.2, 0.25) is 0 Å². The van der Waals surface area contributed by atoms with Crippen molar-refractivity contribution in [2.24, 2.45) is 0 Å². The van der Waals surface area contributed by atoms with E-state index >= 15 is 0 Å². The molecule has 104 valence electrons. The molecule has 3 nitrogen and oxygen atoms in total. The minimum Gasteiger partial charge on any atom is -0.384 e. The molecule has 0 bridgehead atoms. The number of nitrogens with zero attached hydrogens (tertiary/aromatic N) is 2. The minimum absolute atomic E-state index is 0.733. The van der Waals surface area contributed by atoms with E-state index in [1.54, 1.807) is 0 Å². The van der Waals surface area contributed by atoms with Gasteiger partial charge in [-0.05, 0) is 57.1 Å². The number of hydrogen-bond acceptors (Lipinski definition) is 3. The molecule has 3 heteroatoms. The fourth-order valence-corrected chi connectivity index (χ4v) is 3.40. The molecule has 19 heavy (non-hydrogen) atoms. The molecule has 2 heterocycles. The first kappa shape index (κ1) is 12.9. The van der Waals surface area contributed by atoms with Crippen molar-refractivity contribution >= 4 is 5.69 Å². The van der Waals surface area contributed by atoms with Crippen LogP contribution in [-0.2, 0) is 13.0 Å². The third-order valence-electron chi connectivity index (χ3n) is 4.34. The van der Waals surface area contributed by atoms with Crippen molar-refractivity contribution in [1.29, 1.82) is 0 Å². The summed E-state index contributed by atoms with van der Waals surface area (Å²) in [6.45, 7) is 4.64. The third-order valence-corrected chi connectivity index (χ3v) is 4.34. The van der Waals surface area contributed by atoms with Crippen LogP contribution in [0.5, 0.6) is 0 Å². The summed E-state index contributed by atoms with van der Waals surface area (Å²) in [4.78, 5) is 4.96. The highest BCUT2D eigenvalue weighted by Gasteiger charge is 2.25. The van der Waals surface area contributed by atoms with E-state index in [1.807, 2.05) is 0 Å². The summed E-state index contributed by atoms with van der Waals surface area (Å²) in [5.41, 5.74) is 4.30. The molecule has 1 aromatic rings. The van der Waals surface area contributed by atoms with Crippen molar-refractivity contribution in [3.05, 3.63) is 29.3 Å². The van der Waals surface area contributed by atoms with Crippen LogP contribution in [0.15, 0.2) is 18.2 Å². The zero-order valence-electron chi connectivity index (χ0n) is 12.2. The Hall–Kier alpha value is -1.06. The van der Waals surface area contributed by atoms with E-state index in [4.69, 9.17) is 0 Å². The van der Waals surface area contributed by atoms with Crippen LogP contribution < -0.4 is 5.32 Å². The second-order valence-electron chi connectivity index (χ2n) is 6.20. The summed E-state index contributed by atoms with van der Waals surface area (Å²) in [6, 6.07) is 7.71. The molecule has 0 aliphatic carbocycles. The Morgan fingerprint density at radius 2 is 2.26 bits per heavy atom. The Labute approximate surface area is 116 Å². The zero-order valence-corrected chi connectivity index (χ0v) is 12.2. The second kappa shape index (κ2) is 5.51. The maximum atomic E-state index is 3.48. The topological polar surface area (TPSA) is 18.5 Å². The summed E-state index contributed by atoms with van der Waals surface area (Å²) in [6.07, 6.45) is 3.88. The van der Waals surface area contributed by atoms with Crippen molar-refractivity contribution in [1.82, 2.24) is 9.80 Å². The number of anilines is 1. The predicted molar refractivity (Wildman–Crippen MR) is 80.6 cm³/mol. The molecule has 0 aromatic heterocycles. The molecule has 1 unspecified atom stereocenters. The monoisotopic (exact) mass is 259 g/mol. The second-order valence-corrected chi connectivity index (χ2v) is 6.20. The summed E-state index contributed by atoms with van der Waals surface area (Å²) in [5, 5.41) is 3.48. The summed E-state index contributed by atoms with van der Waals surface area (Å²) in [7, 11) is 4.35. The van der Waals surface area contributed by atoms with Crippen LogP contribution in [-0.4, -0.2) is 49.6 Å². The number of nitrogens with one attached hydrogen (secondary N) is 1. The molecule has 0 radical (unpaired) electrons. The van der Waals surface area contributed by atoms with Gasteiger partial charge < -0.3 is 10.2 Å². The van der Waals surface area contributed by atoms with Crippen LogP contribution in [0.2, 0.25) is 0 Å². The Morgan fingerprint density at radius 3 is 3.11 bits per heavy atom. The maximum Gasteiger partial charge on any atom is 0.0376 e. The lowest BCUT2D eigenvalue weighted by Gasteiger charge is -2.27. The lowest BCUT2D eigenvalue weighted by atomic mass is 10.1. The maximum absolute atomic E-state index is 3.48. The largest absolute Gasteiger partial charge is 0.384 e. The van der Waals surface area contributed by atoms with E-state index in [0.717, 1.165) is 19.1 Å². The molecule has 0 saturated carbocycles. The molecule has 2 aliphatic rings. The molecule has 1 aromatic carbocycles. The average Bonchev–Trinajstić information content (AvgIpc) is 2.98. The van der Waals surface area contributed by atoms with Crippen LogP contribution in [0, 0.1) is 0 Å². The van der Waals surface area contributed by atoms with E-state index in [-0.39, 0.29) is 0 Å². The molecule has 1 saturated heterocycles. The Bertz CT molecular complexity index is 442. The van der Waals surface area contributed by atoms with Crippen molar-refractivity contribution in [2.45, 2.75) is 31.8 Å². The lowest BCUT2D eigenvalue weighted by molar-refractivity contribution is 0.201. The van der Waals surface area contributed by atoms with Crippen LogP contribution in [0.25, 0.3) is 0 Å². The van der Waals surface area contributed by atoms with Crippen LogP contribution in [0.4, 0.5) is 5.69 Å². The lowest BCUT2D eigenvalue weighted by Crippen LogP contribution is -2.37. The van der Waals surface area contributed by atoms with Gasteiger partial charge in [-0.2, -0.15) is 0 Å². The zero-order chi connectivity index (χ0) is 13.2. The van der Waals surface area contributed by atoms with Crippen molar-refractivity contribution < 1.29 is 0 Å². The first-order valence-corrected chi connectivity index (χ1v) is 7.47. The van der Waals surface area contributed by atoms with Crippen molar-refractivity contribution in [2.75, 3.05) is 39.0 Å². The highest BCUT2D eigenvalue weighted by atomic mass is 15.2. The number of benzene rings is 1. The number of rotatable bonds is 4. The molecule has 1 N–H and O–H groups in total. The van der Waals surface area contributed by atoms with Gasteiger partial charge in [-0.3, -0.25) is 4.90 Å². The van der Waals surface area contributed by atoms with Gasteiger partial charge in [-0.1, -0.05) is 12.1 Å². The van der Waals surface area contributed by atoms with Crippen LogP contribution in [0.1, 0.15) is 24.0 Å². The standard InChI is InChI=1S/C16H25N3/c1-18(2)12-15-4-3-9-19(15)11-13-5-6-14-7-8-17-16(14)10-13/h5-6,10,15,17H,3-4,7-9,11-12H2,1-2H3. The van der Waals surface area contributed by atoms with Gasteiger partial charge in [0.15, 0.2) is 0 Å². The molecule has 0 spiro atoms. The fraction of sp³-hybridized carbons (Fsp3) is 0.625. The molecule has 2 aliphatic heterocycles. The van der Waals surface area contributed by atoms with Gasteiger partial charge in [-0.15, -0.1) is 0 Å². The van der Waals surface area contributed by atoms with E-state index in [0.29, 0.717) is 0 Å². The summed E-state index contributed by atoms with van der Waals surface area (Å²) in [5.74, 6) is 0. The quantitative estimate of drug-likeness (QED) is 0.894. The average molecular weight is 259 g/mol. The van der Waals surface area contributed by atoms with E-state index in [9.17, 15) is 0 Å². The SMILES string of the molecule is CN(C)CC1CCCN1Cc1ccc2c(c1)NCC2. The van der Waals surface area contributed by atoms with Gasteiger partial charge in [0.25, 0.3) is 0 Å². The van der Waals surface area contributed by atoms with Gasteiger partial charge in [0.05, 0.1) is 0 Å². The number of likely N-dealkylation sites (tertiary alicyclic amines) is 1. The smallest absolute Gasteiger partial charge is 0.0376 e. The number of fused-ring (bicyclic) bond motifs is 1. The van der Waals surface area contributed by atoms with Crippen LogP contribution in [0.3, 0.4) is 0 Å². The van der Waals surface area contributed by atoms with Gasteiger partial charge in [0.1, 0.15) is 0 Å². The first-order chi connectivity index (χ1) is 9.22. The van der Waals surface area contributed by atoms with Gasteiger partial charge >= 0.3 is 0 Å². The number of hydrogen-bond donors (Lipinski definition) is 1. The van der Waals surface area contributed by atoms with E-state index in [1.165, 1.54) is 49.2 Å². The third kappa shape index (κ3) is 2.93. The highest BCUT2D eigenvalue weighted by Crippen LogP contribution is 2.26. The molecule has 1 atom stereocenters. The van der Waals surface area contributed by atoms with Crippen LogP contribution >= 0.6 is 0 Å². The molecular formula is C16H25N3. The summed E-state index contributed by atoms with van der Waals surface area (Å²) < 4.78 is 0. The Kier molecular flexibility index (Phi) is 3.76. The molecular weight excluding hydrogens is 234 g/mol. The first-order valence-electron chi connectivity index (χ1n) is 7.47. The van der Waals surface area contributed by atoms with Crippen molar-refractivity contribution in [3.63, 3.8) is 0 Å². The van der Waals surface area contributed by atoms with Gasteiger partial charge in [0, 0.05) is 31.4 Å². The normalized spacial score (nSPS) is 22.8. The minimum atomic E-state index is 0.733. The van der Waals surface area contributed by atoms with E-state index < -0.39 is 0 Å². The molecule has 1 fully saturated rings. The number of likely N-dealkylation sites (N-methyl/N-ethyl adjacent to an activating group) is 1. The summed E-state index contributed by atoms with van der Waals surface area (Å²) >= 11 is 0. The van der Waals surface area contributed by atoms with E-state index in [2.05, 4.69) is 47.4 Å². The molecule has 0 amide bonds. The fourth-order valence-electron chi connectivity index (χ4n) is 3.40. The molecule has 3 rings (SSSR count). The predicted octanol–water partition coefficient (Wildman–Crippen LogP) is 2.18. The van der Waals surface area contributed by atoms with Gasteiger partial charge in [-0.25, -0.2) is 0 Å². The highest BCUT2D eigenvalue weighted by molar-refractivity contribution is 5.57.